The van der Waals surface area contributed by atoms with Crippen LogP contribution in [0.5, 0.6) is 0 Å². The number of amidine groups is 2. The van der Waals surface area contributed by atoms with Gasteiger partial charge < -0.3 is 26.9 Å². The van der Waals surface area contributed by atoms with Gasteiger partial charge in [-0.25, -0.2) is 4.79 Å². The number of hydrogen-bond donors (Lipinski definition) is 5. The van der Waals surface area contributed by atoms with E-state index in [4.69, 9.17) is 21.7 Å². The summed E-state index contributed by atoms with van der Waals surface area (Å²) in [5.41, 5.74) is 13.5. The lowest BCUT2D eigenvalue weighted by Gasteiger charge is -2.08. The highest BCUT2D eigenvalue weighted by atomic mass is 16.7. The van der Waals surface area contributed by atoms with Gasteiger partial charge in [-0.1, -0.05) is 12.1 Å². The monoisotopic (exact) mass is 452 g/mol. The van der Waals surface area contributed by atoms with Gasteiger partial charge in [0, 0.05) is 41.8 Å². The van der Waals surface area contributed by atoms with Crippen molar-refractivity contribution >= 4 is 40.8 Å². The van der Waals surface area contributed by atoms with Crippen molar-refractivity contribution in [1.82, 2.24) is 0 Å². The molecule has 2 aromatic rings. The summed E-state index contributed by atoms with van der Waals surface area (Å²) in [6, 6.07) is 13.2. The standard InChI is InChI=1S/C23H28N6O4/c1-2-4-21(32)33-29-23(26)16-9-13-18(14-10-16)28-20(31)6-3-5-19(30)27-17-11-7-15(8-12-17)22(24)25/h7-14H,2-6H2,1H3,(H3,24,25)(H2,26,29)(H,27,30)(H,28,31). The lowest BCUT2D eigenvalue weighted by Crippen LogP contribution is -2.16. The van der Waals surface area contributed by atoms with Gasteiger partial charge in [0.2, 0.25) is 11.8 Å². The zero-order valence-corrected chi connectivity index (χ0v) is 18.4. The molecule has 10 heteroatoms. The third-order valence-electron chi connectivity index (χ3n) is 4.45. The molecule has 0 heterocycles. The van der Waals surface area contributed by atoms with Crippen molar-refractivity contribution in [3.05, 3.63) is 59.7 Å². The first-order valence-electron chi connectivity index (χ1n) is 10.5. The Bertz CT molecular complexity index is 1020. The molecule has 7 N–H and O–H groups in total. The SMILES string of the molecule is CCCC(=O)O/N=C(\N)c1ccc(NC(=O)CCCC(=O)Nc2ccc(C(=N)N)cc2)cc1. The molecule has 10 nitrogen and oxygen atoms in total. The van der Waals surface area contributed by atoms with Crippen LogP contribution in [0.1, 0.15) is 50.2 Å². The van der Waals surface area contributed by atoms with Crippen molar-refractivity contribution < 1.29 is 19.2 Å². The van der Waals surface area contributed by atoms with Crippen molar-refractivity contribution in [2.24, 2.45) is 16.6 Å². The normalized spacial score (nSPS) is 10.9. The quantitative estimate of drug-likeness (QED) is 0.152. The summed E-state index contributed by atoms with van der Waals surface area (Å²) in [5, 5.41) is 16.4. The van der Waals surface area contributed by atoms with Gasteiger partial charge in [0.05, 0.1) is 0 Å². The van der Waals surface area contributed by atoms with Crippen LogP contribution in [0.2, 0.25) is 0 Å². The van der Waals surface area contributed by atoms with Crippen LogP contribution in [0.25, 0.3) is 0 Å². The summed E-state index contributed by atoms with van der Waals surface area (Å²) in [6.07, 6.45) is 1.66. The molecule has 174 valence electrons. The molecule has 0 spiro atoms. The van der Waals surface area contributed by atoms with E-state index in [0.717, 1.165) is 0 Å². The second-order valence-corrected chi connectivity index (χ2v) is 7.21. The molecule has 2 amide bonds. The van der Waals surface area contributed by atoms with Gasteiger partial charge in [-0.3, -0.25) is 15.0 Å². The maximum atomic E-state index is 12.1. The molecule has 0 atom stereocenters. The zero-order valence-electron chi connectivity index (χ0n) is 18.4. The summed E-state index contributed by atoms with van der Waals surface area (Å²) in [6.45, 7) is 1.85. The second-order valence-electron chi connectivity index (χ2n) is 7.21. The van der Waals surface area contributed by atoms with Crippen LogP contribution >= 0.6 is 0 Å². The van der Waals surface area contributed by atoms with E-state index in [-0.39, 0.29) is 42.7 Å². The minimum atomic E-state index is -0.455. The van der Waals surface area contributed by atoms with Crippen LogP contribution < -0.4 is 22.1 Å². The van der Waals surface area contributed by atoms with Crippen molar-refractivity contribution in [3.8, 4) is 0 Å². The molecule has 2 rings (SSSR count). The average molecular weight is 453 g/mol. The lowest BCUT2D eigenvalue weighted by molar-refractivity contribution is -0.143. The highest BCUT2D eigenvalue weighted by molar-refractivity contribution is 5.98. The Hall–Kier alpha value is -4.21. The number of benzene rings is 2. The van der Waals surface area contributed by atoms with Gasteiger partial charge in [0.25, 0.3) is 0 Å². The van der Waals surface area contributed by atoms with Gasteiger partial charge in [-0.05, 0) is 61.4 Å². The molecule has 0 fully saturated rings. The van der Waals surface area contributed by atoms with Crippen LogP contribution in [0.3, 0.4) is 0 Å². The molecule has 0 aromatic heterocycles. The predicted octanol–water partition coefficient (Wildman–Crippen LogP) is 2.68. The minimum Gasteiger partial charge on any atom is -0.384 e. The van der Waals surface area contributed by atoms with E-state index in [1.54, 1.807) is 48.5 Å². The molecule has 0 bridgehead atoms. The molecule has 0 radical (unpaired) electrons. The van der Waals surface area contributed by atoms with Gasteiger partial charge in [-0.2, -0.15) is 0 Å². The summed E-state index contributed by atoms with van der Waals surface area (Å²) >= 11 is 0. The molecule has 0 saturated carbocycles. The Balaban J connectivity index is 1.74. The Morgan fingerprint density at radius 2 is 1.33 bits per heavy atom. The summed E-state index contributed by atoms with van der Waals surface area (Å²) < 4.78 is 0. The van der Waals surface area contributed by atoms with E-state index in [1.165, 1.54) is 0 Å². The molecule has 0 aliphatic heterocycles. The molecule has 0 aliphatic carbocycles. The van der Waals surface area contributed by atoms with E-state index in [1.807, 2.05) is 6.92 Å². The van der Waals surface area contributed by atoms with Gasteiger partial charge in [0.15, 0.2) is 5.84 Å². The Kier molecular flexibility index (Phi) is 9.56. The number of amides is 2. The topological polar surface area (TPSA) is 173 Å². The Labute approximate surface area is 191 Å². The lowest BCUT2D eigenvalue weighted by atomic mass is 10.1. The Morgan fingerprint density at radius 1 is 0.848 bits per heavy atom. The molecular weight excluding hydrogens is 424 g/mol. The summed E-state index contributed by atoms with van der Waals surface area (Å²) in [4.78, 5) is 40.2. The number of nitrogens with zero attached hydrogens (tertiary/aromatic N) is 1. The largest absolute Gasteiger partial charge is 0.384 e. The van der Waals surface area contributed by atoms with Crippen molar-refractivity contribution in [1.29, 1.82) is 5.41 Å². The number of hydrogen-bond acceptors (Lipinski definition) is 6. The molecule has 0 aliphatic rings. The maximum absolute atomic E-state index is 12.1. The van der Waals surface area contributed by atoms with Crippen LogP contribution in [-0.2, 0) is 19.2 Å². The fourth-order valence-electron chi connectivity index (χ4n) is 2.72. The van der Waals surface area contributed by atoms with Crippen molar-refractivity contribution in [3.63, 3.8) is 0 Å². The second kappa shape index (κ2) is 12.6. The number of nitrogen functional groups attached to an aromatic ring is 1. The van der Waals surface area contributed by atoms with E-state index >= 15 is 0 Å². The molecule has 2 aromatic carbocycles. The highest BCUT2D eigenvalue weighted by Gasteiger charge is 2.08. The highest BCUT2D eigenvalue weighted by Crippen LogP contribution is 2.12. The van der Waals surface area contributed by atoms with Crippen LogP contribution in [-0.4, -0.2) is 29.5 Å². The number of oxime groups is 1. The maximum Gasteiger partial charge on any atom is 0.335 e. The number of anilines is 2. The average Bonchev–Trinajstić information content (AvgIpc) is 2.78. The number of rotatable bonds is 11. The van der Waals surface area contributed by atoms with Gasteiger partial charge in [0.1, 0.15) is 5.84 Å². The molecular formula is C23H28N6O4. The minimum absolute atomic E-state index is 0.0435. The van der Waals surface area contributed by atoms with Crippen LogP contribution in [0.15, 0.2) is 53.7 Å². The molecule has 33 heavy (non-hydrogen) atoms. The molecule has 0 saturated heterocycles. The number of nitrogens with two attached hydrogens (primary N) is 2. The van der Waals surface area contributed by atoms with E-state index in [2.05, 4.69) is 15.8 Å². The third-order valence-corrected chi connectivity index (χ3v) is 4.45. The van der Waals surface area contributed by atoms with E-state index in [0.29, 0.717) is 35.3 Å². The first-order valence-corrected chi connectivity index (χ1v) is 10.5. The first-order chi connectivity index (χ1) is 15.8. The van der Waals surface area contributed by atoms with Crippen LogP contribution in [0.4, 0.5) is 11.4 Å². The summed E-state index contributed by atoms with van der Waals surface area (Å²) in [7, 11) is 0. The fraction of sp³-hybridized carbons (Fsp3) is 0.261. The van der Waals surface area contributed by atoms with Gasteiger partial charge in [-0.15, -0.1) is 0 Å². The van der Waals surface area contributed by atoms with Crippen molar-refractivity contribution in [2.75, 3.05) is 10.6 Å². The number of nitrogens with one attached hydrogen (secondary N) is 3. The van der Waals surface area contributed by atoms with Gasteiger partial charge >= 0.3 is 5.97 Å². The zero-order chi connectivity index (χ0) is 24.2. The first kappa shape index (κ1) is 25.1. The van der Waals surface area contributed by atoms with E-state index < -0.39 is 5.97 Å². The fourth-order valence-corrected chi connectivity index (χ4v) is 2.72. The van der Waals surface area contributed by atoms with Crippen molar-refractivity contribution in [2.45, 2.75) is 39.0 Å². The number of carbonyl (C=O) groups excluding carboxylic acids is 3. The predicted molar refractivity (Wildman–Crippen MR) is 127 cm³/mol. The van der Waals surface area contributed by atoms with Crippen LogP contribution in [0, 0.1) is 5.41 Å². The Morgan fingerprint density at radius 3 is 1.79 bits per heavy atom. The van der Waals surface area contributed by atoms with E-state index in [9.17, 15) is 14.4 Å². The summed E-state index contributed by atoms with van der Waals surface area (Å²) in [5.74, 6) is -0.880. The smallest absolute Gasteiger partial charge is 0.335 e. The number of carbonyl (C=O) groups is 3. The molecule has 0 unspecified atom stereocenters. The third kappa shape index (κ3) is 8.82.